The minimum Gasteiger partial charge on any atom is -0.353 e. The van der Waals surface area contributed by atoms with E-state index in [1.54, 1.807) is 6.33 Å². The Kier molecular flexibility index (Phi) is 4.34. The van der Waals surface area contributed by atoms with Gasteiger partial charge < -0.3 is 10.2 Å². The first-order valence-corrected chi connectivity index (χ1v) is 7.92. The molecule has 0 aliphatic carbocycles. The maximum Gasteiger partial charge on any atom is 0.203 e. The molecule has 6 nitrogen and oxygen atoms in total. The van der Waals surface area contributed by atoms with Crippen molar-refractivity contribution in [3.05, 3.63) is 18.7 Å². The molecule has 6 heteroatoms. The van der Waals surface area contributed by atoms with Gasteiger partial charge in [0.15, 0.2) is 5.82 Å². The van der Waals surface area contributed by atoms with Crippen LogP contribution in [0.25, 0.3) is 5.65 Å². The second-order valence-corrected chi connectivity index (χ2v) is 5.88. The highest BCUT2D eigenvalue weighted by atomic mass is 15.3. The zero-order valence-electron chi connectivity index (χ0n) is 12.9. The Labute approximate surface area is 125 Å². The number of rotatable bonds is 5. The summed E-state index contributed by atoms with van der Waals surface area (Å²) in [5.74, 6) is 1.72. The first kappa shape index (κ1) is 14.3. The molecule has 114 valence electrons. The summed E-state index contributed by atoms with van der Waals surface area (Å²) in [5.41, 5.74) is 0.855. The number of piperidine rings is 1. The molecule has 0 radical (unpaired) electrons. The quantitative estimate of drug-likeness (QED) is 0.908. The van der Waals surface area contributed by atoms with E-state index >= 15 is 0 Å². The molecule has 1 aliphatic rings. The molecule has 2 aromatic rings. The Hall–Kier alpha value is -1.69. The fourth-order valence-corrected chi connectivity index (χ4v) is 3.12. The standard InChI is InChI=1S/C15H24N6/c1-3-6-16-12(2)13-4-8-20(9-5-13)14-15-19-18-11-21(15)10-7-17-14/h7,10-13,16H,3-6,8-9H2,1-2H3. The molecule has 0 spiro atoms. The van der Waals surface area contributed by atoms with E-state index < -0.39 is 0 Å². The lowest BCUT2D eigenvalue weighted by molar-refractivity contribution is 0.311. The molecule has 3 rings (SSSR count). The van der Waals surface area contributed by atoms with Crippen LogP contribution in [0.2, 0.25) is 0 Å². The molecule has 1 aliphatic heterocycles. The molecule has 1 fully saturated rings. The number of fused-ring (bicyclic) bond motifs is 1. The summed E-state index contributed by atoms with van der Waals surface area (Å²) in [6, 6.07) is 0.601. The van der Waals surface area contributed by atoms with E-state index in [0.717, 1.165) is 37.0 Å². The molecule has 2 aromatic heterocycles. The van der Waals surface area contributed by atoms with Crippen LogP contribution in [-0.4, -0.2) is 45.3 Å². The van der Waals surface area contributed by atoms with Crippen LogP contribution in [0.4, 0.5) is 5.82 Å². The fourth-order valence-electron chi connectivity index (χ4n) is 3.12. The van der Waals surface area contributed by atoms with Crippen LogP contribution in [0.1, 0.15) is 33.1 Å². The summed E-state index contributed by atoms with van der Waals surface area (Å²) in [6.45, 7) is 7.73. The molecular formula is C15H24N6. The topological polar surface area (TPSA) is 58.4 Å². The molecule has 0 amide bonds. The second-order valence-electron chi connectivity index (χ2n) is 5.88. The number of anilines is 1. The van der Waals surface area contributed by atoms with Crippen LogP contribution in [-0.2, 0) is 0 Å². The minimum atomic E-state index is 0.601. The average Bonchev–Trinajstić information content (AvgIpc) is 3.01. The van der Waals surface area contributed by atoms with E-state index in [2.05, 4.69) is 39.2 Å². The van der Waals surface area contributed by atoms with Gasteiger partial charge in [-0.25, -0.2) is 4.98 Å². The second kappa shape index (κ2) is 6.39. The van der Waals surface area contributed by atoms with E-state index in [1.165, 1.54) is 19.3 Å². The van der Waals surface area contributed by atoms with Gasteiger partial charge in [-0.3, -0.25) is 4.40 Å². The van der Waals surface area contributed by atoms with E-state index in [9.17, 15) is 0 Å². The Bertz CT molecular complexity index is 572. The summed E-state index contributed by atoms with van der Waals surface area (Å²) in [6.07, 6.45) is 9.04. The van der Waals surface area contributed by atoms with Crippen LogP contribution in [0.3, 0.4) is 0 Å². The maximum atomic E-state index is 4.51. The van der Waals surface area contributed by atoms with Crippen molar-refractivity contribution in [2.75, 3.05) is 24.5 Å². The van der Waals surface area contributed by atoms with Crippen molar-refractivity contribution < 1.29 is 0 Å². The van der Waals surface area contributed by atoms with Crippen LogP contribution < -0.4 is 10.2 Å². The summed E-state index contributed by atoms with van der Waals surface area (Å²) < 4.78 is 1.93. The third kappa shape index (κ3) is 3.00. The smallest absolute Gasteiger partial charge is 0.203 e. The largest absolute Gasteiger partial charge is 0.353 e. The van der Waals surface area contributed by atoms with Crippen LogP contribution in [0, 0.1) is 5.92 Å². The lowest BCUT2D eigenvalue weighted by Crippen LogP contribution is -2.42. The highest BCUT2D eigenvalue weighted by Crippen LogP contribution is 2.25. The van der Waals surface area contributed by atoms with E-state index in [-0.39, 0.29) is 0 Å². The lowest BCUT2D eigenvalue weighted by atomic mass is 9.90. The Morgan fingerprint density at radius 1 is 1.38 bits per heavy atom. The molecule has 0 saturated carbocycles. The predicted octanol–water partition coefficient (Wildman–Crippen LogP) is 1.73. The maximum absolute atomic E-state index is 4.51. The first-order valence-electron chi connectivity index (χ1n) is 7.92. The molecule has 1 saturated heterocycles. The van der Waals surface area contributed by atoms with Gasteiger partial charge in [-0.15, -0.1) is 10.2 Å². The number of hydrogen-bond donors (Lipinski definition) is 1. The monoisotopic (exact) mass is 288 g/mol. The highest BCUT2D eigenvalue weighted by molar-refractivity contribution is 5.63. The average molecular weight is 288 g/mol. The first-order chi connectivity index (χ1) is 10.3. The normalized spacial score (nSPS) is 18.3. The van der Waals surface area contributed by atoms with E-state index in [1.807, 2.05) is 16.8 Å². The van der Waals surface area contributed by atoms with Gasteiger partial charge >= 0.3 is 0 Å². The summed E-state index contributed by atoms with van der Waals surface area (Å²) in [5, 5.41) is 11.8. The Morgan fingerprint density at radius 2 is 2.19 bits per heavy atom. The summed E-state index contributed by atoms with van der Waals surface area (Å²) >= 11 is 0. The van der Waals surface area contributed by atoms with Crippen molar-refractivity contribution >= 4 is 11.5 Å². The molecule has 1 unspecified atom stereocenters. The fraction of sp³-hybridized carbons (Fsp3) is 0.667. The van der Waals surface area contributed by atoms with Gasteiger partial charge in [0, 0.05) is 31.5 Å². The van der Waals surface area contributed by atoms with Gasteiger partial charge in [0.1, 0.15) is 6.33 Å². The van der Waals surface area contributed by atoms with Crippen molar-refractivity contribution in [1.82, 2.24) is 24.9 Å². The number of nitrogens with zero attached hydrogens (tertiary/aromatic N) is 5. The van der Waals surface area contributed by atoms with Gasteiger partial charge in [-0.05, 0) is 38.6 Å². The number of hydrogen-bond acceptors (Lipinski definition) is 5. The molecule has 1 atom stereocenters. The SMILES string of the molecule is CCCNC(C)C1CCN(c2nccn3cnnc23)CC1. The van der Waals surface area contributed by atoms with Crippen LogP contribution >= 0.6 is 0 Å². The van der Waals surface area contributed by atoms with E-state index in [4.69, 9.17) is 0 Å². The number of aromatic nitrogens is 4. The zero-order chi connectivity index (χ0) is 14.7. The number of nitrogens with one attached hydrogen (secondary N) is 1. The van der Waals surface area contributed by atoms with Gasteiger partial charge in [0.25, 0.3) is 0 Å². The molecule has 0 aromatic carbocycles. The summed E-state index contributed by atoms with van der Waals surface area (Å²) in [4.78, 5) is 6.85. The third-order valence-electron chi connectivity index (χ3n) is 4.46. The molecule has 1 N–H and O–H groups in total. The van der Waals surface area contributed by atoms with Crippen molar-refractivity contribution in [1.29, 1.82) is 0 Å². The third-order valence-corrected chi connectivity index (χ3v) is 4.46. The molecule has 21 heavy (non-hydrogen) atoms. The minimum absolute atomic E-state index is 0.601. The van der Waals surface area contributed by atoms with Crippen molar-refractivity contribution in [2.45, 2.75) is 39.2 Å². The van der Waals surface area contributed by atoms with Crippen molar-refractivity contribution in [3.63, 3.8) is 0 Å². The van der Waals surface area contributed by atoms with Crippen molar-refractivity contribution in [2.24, 2.45) is 5.92 Å². The van der Waals surface area contributed by atoms with Crippen LogP contribution in [0.5, 0.6) is 0 Å². The highest BCUT2D eigenvalue weighted by Gasteiger charge is 2.25. The van der Waals surface area contributed by atoms with E-state index in [0.29, 0.717) is 6.04 Å². The zero-order valence-corrected chi connectivity index (χ0v) is 12.9. The molecule has 0 bridgehead atoms. The lowest BCUT2D eigenvalue weighted by Gasteiger charge is -2.35. The Morgan fingerprint density at radius 3 is 2.95 bits per heavy atom. The van der Waals surface area contributed by atoms with Gasteiger partial charge in [-0.1, -0.05) is 6.92 Å². The molecular weight excluding hydrogens is 264 g/mol. The summed E-state index contributed by atoms with van der Waals surface area (Å²) in [7, 11) is 0. The van der Waals surface area contributed by atoms with Gasteiger partial charge in [0.2, 0.25) is 5.65 Å². The van der Waals surface area contributed by atoms with Crippen LogP contribution in [0.15, 0.2) is 18.7 Å². The molecule has 3 heterocycles. The predicted molar refractivity (Wildman–Crippen MR) is 83.5 cm³/mol. The van der Waals surface area contributed by atoms with Gasteiger partial charge in [-0.2, -0.15) is 0 Å². The Balaban J connectivity index is 1.64. The van der Waals surface area contributed by atoms with Crippen molar-refractivity contribution in [3.8, 4) is 0 Å². The van der Waals surface area contributed by atoms with Gasteiger partial charge in [0.05, 0.1) is 0 Å².